The van der Waals surface area contributed by atoms with Crippen molar-refractivity contribution in [2.75, 3.05) is 11.9 Å². The van der Waals surface area contributed by atoms with E-state index in [4.69, 9.17) is 9.84 Å². The molecule has 1 aromatic rings. The molecule has 0 bridgehead atoms. The molecule has 2 rings (SSSR count). The number of carbonyl (C=O) groups is 2. The molecule has 0 spiro atoms. The van der Waals surface area contributed by atoms with Gasteiger partial charge in [-0.2, -0.15) is 0 Å². The van der Waals surface area contributed by atoms with Gasteiger partial charge in [0, 0.05) is 30.2 Å². The normalized spacial score (nSPS) is 21.2. The van der Waals surface area contributed by atoms with Crippen molar-refractivity contribution >= 4 is 34.4 Å². The van der Waals surface area contributed by atoms with Gasteiger partial charge in [0.2, 0.25) is 5.91 Å². The van der Waals surface area contributed by atoms with Gasteiger partial charge in [-0.1, -0.05) is 11.3 Å². The molecule has 1 saturated carbocycles. The summed E-state index contributed by atoms with van der Waals surface area (Å²) in [6.45, 7) is 2.69. The lowest BCUT2D eigenvalue weighted by molar-refractivity contribution is -0.131. The van der Waals surface area contributed by atoms with Crippen LogP contribution in [0.15, 0.2) is 12.3 Å². The maximum atomic E-state index is 11.9. The highest BCUT2D eigenvalue weighted by molar-refractivity contribution is 7.16. The van der Waals surface area contributed by atoms with Crippen LogP contribution in [0.5, 0.6) is 0 Å². The highest BCUT2D eigenvalue weighted by Gasteiger charge is 2.31. The van der Waals surface area contributed by atoms with Crippen molar-refractivity contribution < 1.29 is 19.4 Å². The zero-order valence-corrected chi connectivity index (χ0v) is 12.6. The molecule has 2 N–H and O–H groups in total. The summed E-state index contributed by atoms with van der Waals surface area (Å²) in [6, 6.07) is 0. The zero-order chi connectivity index (χ0) is 15.2. The van der Waals surface area contributed by atoms with Gasteiger partial charge in [-0.25, -0.2) is 9.78 Å². The van der Waals surface area contributed by atoms with Crippen molar-refractivity contribution in [1.82, 2.24) is 4.98 Å². The molecule has 1 aromatic heterocycles. The second-order valence-corrected chi connectivity index (χ2v) is 5.97. The quantitative estimate of drug-likeness (QED) is 0.755. The van der Waals surface area contributed by atoms with Crippen LogP contribution in [-0.2, 0) is 14.3 Å². The molecular weight excluding hydrogens is 292 g/mol. The number of carboxylic acid groups (broad SMARTS) is 1. The lowest BCUT2D eigenvalue weighted by atomic mass is 9.80. The molecule has 7 heteroatoms. The third kappa shape index (κ3) is 4.95. The summed E-state index contributed by atoms with van der Waals surface area (Å²) in [7, 11) is 0. The van der Waals surface area contributed by atoms with Gasteiger partial charge >= 0.3 is 5.97 Å². The maximum Gasteiger partial charge on any atom is 0.328 e. The van der Waals surface area contributed by atoms with Crippen LogP contribution < -0.4 is 5.32 Å². The van der Waals surface area contributed by atoms with Crippen LogP contribution in [0.3, 0.4) is 0 Å². The molecule has 1 heterocycles. The van der Waals surface area contributed by atoms with Crippen LogP contribution in [0.1, 0.15) is 31.1 Å². The molecule has 1 amide bonds. The third-order valence-corrected chi connectivity index (χ3v) is 4.11. The molecule has 0 aliphatic heterocycles. The number of anilines is 1. The van der Waals surface area contributed by atoms with E-state index < -0.39 is 5.97 Å². The Balaban J connectivity index is 1.75. The van der Waals surface area contributed by atoms with E-state index in [0.29, 0.717) is 28.5 Å². The van der Waals surface area contributed by atoms with Crippen molar-refractivity contribution in [3.8, 4) is 0 Å². The minimum atomic E-state index is -1.01. The van der Waals surface area contributed by atoms with E-state index in [0.717, 1.165) is 25.5 Å². The van der Waals surface area contributed by atoms with Gasteiger partial charge in [-0.15, -0.1) is 0 Å². The summed E-state index contributed by atoms with van der Waals surface area (Å²) in [6.07, 6.45) is 6.69. The molecule has 1 fully saturated rings. The number of ether oxygens (including phenoxy) is 1. The third-order valence-electron chi connectivity index (χ3n) is 3.23. The Bertz CT molecular complexity index is 535. The molecule has 0 atom stereocenters. The fraction of sp³-hybridized carbons (Fsp3) is 0.500. The summed E-state index contributed by atoms with van der Waals surface area (Å²) in [5.41, 5.74) is 0. The Kier molecular flexibility index (Phi) is 5.46. The van der Waals surface area contributed by atoms with Crippen molar-refractivity contribution in [3.05, 3.63) is 17.2 Å². The number of aliphatic carboxylic acids is 1. The van der Waals surface area contributed by atoms with Crippen molar-refractivity contribution in [1.29, 1.82) is 0 Å². The number of thiazole rings is 1. The maximum absolute atomic E-state index is 11.9. The second kappa shape index (κ2) is 7.33. The number of amides is 1. The molecule has 0 radical (unpaired) electrons. The number of nitrogens with one attached hydrogen (secondary N) is 1. The first kappa shape index (κ1) is 15.7. The van der Waals surface area contributed by atoms with Gasteiger partial charge in [-0.3, -0.25) is 4.79 Å². The smallest absolute Gasteiger partial charge is 0.328 e. The summed E-state index contributed by atoms with van der Waals surface area (Å²) in [5.74, 6) is -0.686. The van der Waals surface area contributed by atoms with Crippen LogP contribution in [0, 0.1) is 5.92 Å². The standard InChI is InChI=1S/C14H18N2O4S/c1-2-20-10-5-9(6-10)7-12(17)16-14-15-8-11(21-14)3-4-13(18)19/h3-4,8-10H,2,5-7H2,1H3,(H,18,19)(H,15,16,17)/b4-3+. The van der Waals surface area contributed by atoms with Gasteiger partial charge in [0.15, 0.2) is 5.13 Å². The number of carbonyl (C=O) groups excluding carboxylic acids is 1. The van der Waals surface area contributed by atoms with E-state index in [1.54, 1.807) is 0 Å². The van der Waals surface area contributed by atoms with E-state index in [2.05, 4.69) is 10.3 Å². The van der Waals surface area contributed by atoms with Gasteiger partial charge < -0.3 is 15.2 Å². The van der Waals surface area contributed by atoms with Crippen LogP contribution in [0.4, 0.5) is 5.13 Å². The largest absolute Gasteiger partial charge is 0.478 e. The molecule has 0 aromatic carbocycles. The Morgan fingerprint density at radius 1 is 1.57 bits per heavy atom. The molecule has 1 aliphatic rings. The van der Waals surface area contributed by atoms with E-state index in [9.17, 15) is 9.59 Å². The van der Waals surface area contributed by atoms with Crippen LogP contribution >= 0.6 is 11.3 Å². The van der Waals surface area contributed by atoms with Crippen molar-refractivity contribution in [2.45, 2.75) is 32.3 Å². The van der Waals surface area contributed by atoms with E-state index in [1.165, 1.54) is 23.6 Å². The van der Waals surface area contributed by atoms with Gasteiger partial charge in [0.1, 0.15) is 0 Å². The van der Waals surface area contributed by atoms with Crippen LogP contribution in [0.2, 0.25) is 0 Å². The highest BCUT2D eigenvalue weighted by Crippen LogP contribution is 2.33. The molecule has 1 aliphatic carbocycles. The van der Waals surface area contributed by atoms with Gasteiger partial charge in [-0.05, 0) is 31.8 Å². The lowest BCUT2D eigenvalue weighted by Gasteiger charge is -2.34. The molecular formula is C14H18N2O4S. The number of carboxylic acids is 1. The molecule has 0 unspecified atom stereocenters. The highest BCUT2D eigenvalue weighted by atomic mass is 32.1. The monoisotopic (exact) mass is 310 g/mol. The summed E-state index contributed by atoms with van der Waals surface area (Å²) in [4.78, 5) is 27.0. The number of nitrogens with zero attached hydrogens (tertiary/aromatic N) is 1. The number of hydrogen-bond donors (Lipinski definition) is 2. The minimum absolute atomic E-state index is 0.0573. The Morgan fingerprint density at radius 3 is 3.00 bits per heavy atom. The van der Waals surface area contributed by atoms with E-state index in [-0.39, 0.29) is 5.91 Å². The summed E-state index contributed by atoms with van der Waals surface area (Å²) in [5, 5.41) is 11.8. The summed E-state index contributed by atoms with van der Waals surface area (Å²) < 4.78 is 5.46. The van der Waals surface area contributed by atoms with Crippen molar-refractivity contribution in [2.24, 2.45) is 5.92 Å². The topological polar surface area (TPSA) is 88.5 Å². The zero-order valence-electron chi connectivity index (χ0n) is 11.7. The van der Waals surface area contributed by atoms with E-state index in [1.807, 2.05) is 6.92 Å². The Hall–Kier alpha value is -1.73. The average molecular weight is 310 g/mol. The van der Waals surface area contributed by atoms with Crippen molar-refractivity contribution in [3.63, 3.8) is 0 Å². The van der Waals surface area contributed by atoms with Crippen LogP contribution in [0.25, 0.3) is 6.08 Å². The predicted molar refractivity (Wildman–Crippen MR) is 80.2 cm³/mol. The van der Waals surface area contributed by atoms with E-state index >= 15 is 0 Å². The molecule has 0 saturated heterocycles. The van der Waals surface area contributed by atoms with Crippen LogP contribution in [-0.4, -0.2) is 34.7 Å². The fourth-order valence-electron chi connectivity index (χ4n) is 2.22. The van der Waals surface area contributed by atoms with Gasteiger partial charge in [0.25, 0.3) is 0 Å². The lowest BCUT2D eigenvalue weighted by Crippen LogP contribution is -2.33. The molecule has 21 heavy (non-hydrogen) atoms. The Labute approximate surface area is 126 Å². The number of rotatable bonds is 7. The first-order chi connectivity index (χ1) is 10.1. The number of aromatic nitrogens is 1. The predicted octanol–water partition coefficient (Wildman–Crippen LogP) is 2.38. The molecule has 114 valence electrons. The SMILES string of the molecule is CCOC1CC(CC(=O)Nc2ncc(/C=C/C(=O)O)s2)C1. The summed E-state index contributed by atoms with van der Waals surface area (Å²) >= 11 is 1.25. The number of hydrogen-bond acceptors (Lipinski definition) is 5. The molecule has 6 nitrogen and oxygen atoms in total. The minimum Gasteiger partial charge on any atom is -0.478 e. The van der Waals surface area contributed by atoms with Gasteiger partial charge in [0.05, 0.1) is 6.10 Å². The average Bonchev–Trinajstić information content (AvgIpc) is 2.81. The first-order valence-electron chi connectivity index (χ1n) is 6.85. The second-order valence-electron chi connectivity index (χ2n) is 4.91. The first-order valence-corrected chi connectivity index (χ1v) is 7.66. The fourth-order valence-corrected chi connectivity index (χ4v) is 2.96. The Morgan fingerprint density at radius 2 is 2.33 bits per heavy atom.